The zero-order chi connectivity index (χ0) is 12.6. The molecule has 2 heteroatoms. The first-order valence-electron chi connectivity index (χ1n) is 6.67. The molecule has 1 N–H and O–H groups in total. The van der Waals surface area contributed by atoms with Crippen molar-refractivity contribution >= 4 is 5.78 Å². The fourth-order valence-corrected chi connectivity index (χ4v) is 1.76. The molecule has 0 aromatic carbocycles. The van der Waals surface area contributed by atoms with Crippen LogP contribution < -0.4 is 0 Å². The number of carbonyl (C=O) groups is 1. The van der Waals surface area contributed by atoms with Crippen LogP contribution in [-0.2, 0) is 4.79 Å². The topological polar surface area (TPSA) is 37.3 Å². The van der Waals surface area contributed by atoms with E-state index in [1.165, 1.54) is 0 Å². The molecular formula is C14H28O2. The average Bonchev–Trinajstić information content (AvgIpc) is 2.22. The van der Waals surface area contributed by atoms with E-state index < -0.39 is 0 Å². The lowest BCUT2D eigenvalue weighted by Crippen LogP contribution is -2.16. The van der Waals surface area contributed by atoms with Crippen molar-refractivity contribution in [3.05, 3.63) is 0 Å². The maximum Gasteiger partial charge on any atom is 0.133 e. The van der Waals surface area contributed by atoms with Gasteiger partial charge in [0.1, 0.15) is 5.78 Å². The van der Waals surface area contributed by atoms with Crippen LogP contribution >= 0.6 is 0 Å². The molecule has 0 unspecified atom stereocenters. The maximum absolute atomic E-state index is 11.5. The highest BCUT2D eigenvalue weighted by Gasteiger charge is 2.13. The normalized spacial score (nSPS) is 15.1. The first-order chi connectivity index (χ1) is 7.47. The third-order valence-electron chi connectivity index (χ3n) is 3.11. The lowest BCUT2D eigenvalue weighted by Gasteiger charge is -2.17. The van der Waals surface area contributed by atoms with Crippen molar-refractivity contribution < 1.29 is 9.90 Å². The van der Waals surface area contributed by atoms with Crippen LogP contribution in [0.1, 0.15) is 66.2 Å². The quantitative estimate of drug-likeness (QED) is 0.655. The van der Waals surface area contributed by atoms with Crippen LogP contribution in [0.15, 0.2) is 0 Å². The molecule has 0 fully saturated rings. The van der Waals surface area contributed by atoms with Crippen molar-refractivity contribution in [3.63, 3.8) is 0 Å². The number of rotatable bonds is 9. The molecule has 2 atom stereocenters. The minimum absolute atomic E-state index is 0.215. The van der Waals surface area contributed by atoms with E-state index in [0.29, 0.717) is 24.0 Å². The van der Waals surface area contributed by atoms with Gasteiger partial charge >= 0.3 is 0 Å². The molecule has 0 heterocycles. The summed E-state index contributed by atoms with van der Waals surface area (Å²) >= 11 is 0. The number of Topliss-reactive ketones (excluding diaryl/α,β-unsaturated/α-hetero) is 1. The highest BCUT2D eigenvalue weighted by atomic mass is 16.3. The van der Waals surface area contributed by atoms with Crippen molar-refractivity contribution in [3.8, 4) is 0 Å². The monoisotopic (exact) mass is 228 g/mol. The van der Waals surface area contributed by atoms with Gasteiger partial charge < -0.3 is 5.11 Å². The summed E-state index contributed by atoms with van der Waals surface area (Å²) in [5.41, 5.74) is 0. The summed E-state index contributed by atoms with van der Waals surface area (Å²) in [5.74, 6) is 1.12. The molecular weight excluding hydrogens is 200 g/mol. The number of unbranched alkanes of at least 4 members (excludes halogenated alkanes) is 1. The number of hydrogen-bond donors (Lipinski definition) is 1. The van der Waals surface area contributed by atoms with E-state index in [0.717, 1.165) is 32.1 Å². The lowest BCUT2D eigenvalue weighted by atomic mass is 9.93. The molecule has 0 saturated heterocycles. The van der Waals surface area contributed by atoms with Crippen LogP contribution in [0.3, 0.4) is 0 Å². The van der Waals surface area contributed by atoms with Gasteiger partial charge in [-0.3, -0.25) is 4.79 Å². The van der Waals surface area contributed by atoms with Gasteiger partial charge in [-0.25, -0.2) is 0 Å². The molecule has 0 aromatic heterocycles. The first-order valence-corrected chi connectivity index (χ1v) is 6.67. The standard InChI is InChI=1S/C14H28O2/c1-5-6-7-13(15)10-12(4)8-9-14(16)11(2)3/h11-12,14,16H,5-10H2,1-4H3/t12-,14+/m1/s1. The Hall–Kier alpha value is -0.370. The molecule has 0 rings (SSSR count). The third-order valence-corrected chi connectivity index (χ3v) is 3.11. The lowest BCUT2D eigenvalue weighted by molar-refractivity contribution is -0.120. The van der Waals surface area contributed by atoms with Crippen molar-refractivity contribution in [1.82, 2.24) is 0 Å². The van der Waals surface area contributed by atoms with E-state index in [-0.39, 0.29) is 6.10 Å². The largest absolute Gasteiger partial charge is 0.393 e. The Bertz CT molecular complexity index is 187. The fraction of sp³-hybridized carbons (Fsp3) is 0.929. The van der Waals surface area contributed by atoms with E-state index in [1.54, 1.807) is 0 Å². The number of carbonyl (C=O) groups excluding carboxylic acids is 1. The van der Waals surface area contributed by atoms with E-state index in [2.05, 4.69) is 13.8 Å². The van der Waals surface area contributed by atoms with Gasteiger partial charge in [0.15, 0.2) is 0 Å². The number of aliphatic hydroxyl groups excluding tert-OH is 1. The molecule has 16 heavy (non-hydrogen) atoms. The van der Waals surface area contributed by atoms with Gasteiger partial charge in [-0.1, -0.05) is 34.1 Å². The second kappa shape index (κ2) is 8.74. The molecule has 0 saturated carbocycles. The molecule has 0 amide bonds. The molecule has 0 aliphatic carbocycles. The van der Waals surface area contributed by atoms with Gasteiger partial charge in [0.2, 0.25) is 0 Å². The van der Waals surface area contributed by atoms with Crippen LogP contribution in [0.2, 0.25) is 0 Å². The molecule has 96 valence electrons. The van der Waals surface area contributed by atoms with Crippen LogP contribution in [-0.4, -0.2) is 17.0 Å². The van der Waals surface area contributed by atoms with E-state index >= 15 is 0 Å². The van der Waals surface area contributed by atoms with Gasteiger partial charge in [0, 0.05) is 12.8 Å². The zero-order valence-corrected chi connectivity index (χ0v) is 11.3. The Labute approximate surface area is 100 Å². The van der Waals surface area contributed by atoms with Gasteiger partial charge in [-0.2, -0.15) is 0 Å². The van der Waals surface area contributed by atoms with Gasteiger partial charge in [0.25, 0.3) is 0 Å². The fourth-order valence-electron chi connectivity index (χ4n) is 1.76. The smallest absolute Gasteiger partial charge is 0.133 e. The zero-order valence-electron chi connectivity index (χ0n) is 11.3. The second-order valence-electron chi connectivity index (χ2n) is 5.34. The van der Waals surface area contributed by atoms with Gasteiger partial charge in [-0.05, 0) is 31.1 Å². The Morgan fingerprint density at radius 2 is 1.81 bits per heavy atom. The van der Waals surface area contributed by atoms with Crippen LogP contribution in [0.4, 0.5) is 0 Å². The Kier molecular flexibility index (Phi) is 8.54. The predicted octanol–water partition coefficient (Wildman–Crippen LogP) is 3.57. The van der Waals surface area contributed by atoms with Crippen LogP contribution in [0, 0.1) is 11.8 Å². The SMILES string of the molecule is CCCCC(=O)C[C@H](C)CC[C@H](O)C(C)C. The maximum atomic E-state index is 11.5. The van der Waals surface area contributed by atoms with Crippen molar-refractivity contribution in [2.24, 2.45) is 11.8 Å². The number of ketones is 1. The summed E-state index contributed by atoms with van der Waals surface area (Å²) in [6, 6.07) is 0. The van der Waals surface area contributed by atoms with E-state index in [9.17, 15) is 9.90 Å². The summed E-state index contributed by atoms with van der Waals surface area (Å²) in [4.78, 5) is 11.5. The Balaban J connectivity index is 3.65. The number of hydrogen-bond acceptors (Lipinski definition) is 2. The van der Waals surface area contributed by atoms with Gasteiger partial charge in [0.05, 0.1) is 6.10 Å². The number of aliphatic hydroxyl groups is 1. The summed E-state index contributed by atoms with van der Waals surface area (Å²) in [6.45, 7) is 8.27. The minimum atomic E-state index is -0.215. The molecule has 2 nitrogen and oxygen atoms in total. The summed E-state index contributed by atoms with van der Waals surface area (Å²) < 4.78 is 0. The van der Waals surface area contributed by atoms with Crippen molar-refractivity contribution in [2.75, 3.05) is 0 Å². The summed E-state index contributed by atoms with van der Waals surface area (Å²) in [5, 5.41) is 9.67. The van der Waals surface area contributed by atoms with Crippen LogP contribution in [0.25, 0.3) is 0 Å². The van der Waals surface area contributed by atoms with E-state index in [4.69, 9.17) is 0 Å². The van der Waals surface area contributed by atoms with E-state index in [1.807, 2.05) is 13.8 Å². The Morgan fingerprint density at radius 1 is 1.19 bits per heavy atom. The third kappa shape index (κ3) is 7.86. The minimum Gasteiger partial charge on any atom is -0.393 e. The van der Waals surface area contributed by atoms with Crippen molar-refractivity contribution in [1.29, 1.82) is 0 Å². The highest BCUT2D eigenvalue weighted by molar-refractivity contribution is 5.78. The molecule has 0 spiro atoms. The molecule has 0 aliphatic rings. The first kappa shape index (κ1) is 15.6. The second-order valence-corrected chi connectivity index (χ2v) is 5.34. The summed E-state index contributed by atoms with van der Waals surface area (Å²) in [7, 11) is 0. The predicted molar refractivity (Wildman–Crippen MR) is 68.4 cm³/mol. The molecule has 0 bridgehead atoms. The Morgan fingerprint density at radius 3 is 2.31 bits per heavy atom. The van der Waals surface area contributed by atoms with Crippen molar-refractivity contribution in [2.45, 2.75) is 72.3 Å². The molecule has 0 radical (unpaired) electrons. The average molecular weight is 228 g/mol. The van der Waals surface area contributed by atoms with Gasteiger partial charge in [-0.15, -0.1) is 0 Å². The highest BCUT2D eigenvalue weighted by Crippen LogP contribution is 2.17. The molecule has 0 aromatic rings. The summed E-state index contributed by atoms with van der Waals surface area (Å²) in [6.07, 6.45) is 5.08. The molecule has 0 aliphatic heterocycles. The van der Waals surface area contributed by atoms with Crippen LogP contribution in [0.5, 0.6) is 0 Å².